The molecule has 6 aromatic rings. The minimum atomic E-state index is 0.262. The first-order valence-electron chi connectivity index (χ1n) is 9.64. The van der Waals surface area contributed by atoms with Crippen molar-refractivity contribution >= 4 is 68.5 Å². The highest BCUT2D eigenvalue weighted by atomic mass is 15.4. The van der Waals surface area contributed by atoms with Crippen molar-refractivity contribution in [3.8, 4) is 0 Å². The van der Waals surface area contributed by atoms with Crippen molar-refractivity contribution in [3.05, 3.63) is 48.5 Å². The van der Waals surface area contributed by atoms with Gasteiger partial charge in [0.2, 0.25) is 0 Å². The van der Waals surface area contributed by atoms with Gasteiger partial charge in [-0.2, -0.15) is 20.2 Å². The molecule has 0 spiro atoms. The van der Waals surface area contributed by atoms with Crippen LogP contribution < -0.4 is 10.9 Å². The normalized spacial score (nSPS) is 12.1. The summed E-state index contributed by atoms with van der Waals surface area (Å²) in [7, 11) is 0. The van der Waals surface area contributed by atoms with Crippen LogP contribution in [0.5, 0.6) is 0 Å². The topological polar surface area (TPSA) is 158 Å². The molecule has 12 nitrogen and oxygen atoms in total. The Balaban J connectivity index is 1.12. The zero-order chi connectivity index (χ0) is 21.3. The van der Waals surface area contributed by atoms with Gasteiger partial charge in [0, 0.05) is 21.8 Å². The van der Waals surface area contributed by atoms with Crippen LogP contribution in [0.15, 0.2) is 58.7 Å². The molecule has 32 heavy (non-hydrogen) atoms. The molecule has 0 amide bonds. The minimum Gasteiger partial charge on any atom is -0.338 e. The van der Waals surface area contributed by atoms with Crippen LogP contribution in [0.3, 0.4) is 0 Å². The van der Waals surface area contributed by atoms with E-state index in [1.54, 1.807) is 0 Å². The van der Waals surface area contributed by atoms with Gasteiger partial charge in [-0.15, -0.1) is 20.4 Å². The Morgan fingerprint density at radius 2 is 1.09 bits per heavy atom. The predicted octanol–water partition coefficient (Wildman–Crippen LogP) is 2.82. The number of aromatic amines is 2. The molecule has 6 rings (SSSR count). The first-order chi connectivity index (χ1) is 15.8. The lowest BCUT2D eigenvalue weighted by molar-refractivity contribution is 1.01. The third-order valence-electron chi connectivity index (χ3n) is 4.79. The second-order valence-corrected chi connectivity index (χ2v) is 6.79. The van der Waals surface area contributed by atoms with Gasteiger partial charge in [-0.05, 0) is 12.1 Å². The molecule has 0 unspecified atom stereocenters. The molecule has 154 valence electrons. The SMILES string of the molecule is C(/C=N/Nc1nnc2c(n1)[nH]c1ccccc12)=N\Nc1nnc2c(n1)[nH]c1ccccc12. The number of H-pyrrole nitrogens is 2. The van der Waals surface area contributed by atoms with Gasteiger partial charge in [0.1, 0.15) is 11.0 Å². The van der Waals surface area contributed by atoms with Crippen LogP contribution >= 0.6 is 0 Å². The number of anilines is 2. The summed E-state index contributed by atoms with van der Waals surface area (Å²) < 4.78 is 0. The van der Waals surface area contributed by atoms with E-state index in [0.717, 1.165) is 21.8 Å². The summed E-state index contributed by atoms with van der Waals surface area (Å²) in [6, 6.07) is 15.6. The van der Waals surface area contributed by atoms with Crippen molar-refractivity contribution in [2.45, 2.75) is 0 Å². The maximum absolute atomic E-state index is 4.38. The fourth-order valence-corrected chi connectivity index (χ4v) is 3.39. The number of fused-ring (bicyclic) bond motifs is 6. The molecule has 0 radical (unpaired) electrons. The summed E-state index contributed by atoms with van der Waals surface area (Å²) in [6.45, 7) is 0. The van der Waals surface area contributed by atoms with Crippen molar-refractivity contribution in [2.24, 2.45) is 10.2 Å². The monoisotopic (exact) mass is 422 g/mol. The third-order valence-corrected chi connectivity index (χ3v) is 4.79. The number of hydrogen-bond acceptors (Lipinski definition) is 10. The fraction of sp³-hybridized carbons (Fsp3) is 0. The molecule has 0 aliphatic heterocycles. The highest BCUT2D eigenvalue weighted by molar-refractivity contribution is 6.16. The average Bonchev–Trinajstić information content (AvgIpc) is 3.38. The standard InChI is InChI=1S/C20H14N12/c1-3-7-13-11(5-1)15-17(23-13)25-19(31-27-15)29-21-9-10-22-30-20-26-18-16(28-32-20)12-6-2-4-8-14(12)24-18/h1-10H,(H2,23,25,29,31)(H2,24,26,30,32)/b21-9+,22-10+. The van der Waals surface area contributed by atoms with Gasteiger partial charge in [-0.25, -0.2) is 10.9 Å². The van der Waals surface area contributed by atoms with Gasteiger partial charge in [0.15, 0.2) is 11.3 Å². The molecule has 0 saturated heterocycles. The van der Waals surface area contributed by atoms with Gasteiger partial charge in [0.05, 0.1) is 12.4 Å². The highest BCUT2D eigenvalue weighted by Crippen LogP contribution is 2.22. The van der Waals surface area contributed by atoms with Crippen LogP contribution in [0.2, 0.25) is 0 Å². The summed E-state index contributed by atoms with van der Waals surface area (Å²) in [4.78, 5) is 15.2. The number of nitrogens with zero attached hydrogens (tertiary/aromatic N) is 8. The fourth-order valence-electron chi connectivity index (χ4n) is 3.39. The van der Waals surface area contributed by atoms with E-state index in [1.165, 1.54) is 12.4 Å². The van der Waals surface area contributed by atoms with Gasteiger partial charge < -0.3 is 9.97 Å². The van der Waals surface area contributed by atoms with E-state index in [4.69, 9.17) is 0 Å². The summed E-state index contributed by atoms with van der Waals surface area (Å²) in [5.41, 5.74) is 10.0. The zero-order valence-electron chi connectivity index (χ0n) is 16.4. The summed E-state index contributed by atoms with van der Waals surface area (Å²) in [5.74, 6) is 0.525. The number of nitrogens with one attached hydrogen (secondary N) is 4. The molecule has 0 bridgehead atoms. The lowest BCUT2D eigenvalue weighted by Gasteiger charge is -1.96. The number of aromatic nitrogens is 8. The largest absolute Gasteiger partial charge is 0.338 e. The van der Waals surface area contributed by atoms with Gasteiger partial charge in [-0.1, -0.05) is 36.4 Å². The Bertz CT molecular complexity index is 1520. The average molecular weight is 422 g/mol. The Labute approximate surface area is 178 Å². The third kappa shape index (κ3) is 3.11. The van der Waals surface area contributed by atoms with E-state index >= 15 is 0 Å². The van der Waals surface area contributed by atoms with Crippen LogP contribution in [0.4, 0.5) is 11.9 Å². The zero-order valence-corrected chi connectivity index (χ0v) is 16.4. The first-order valence-corrected chi connectivity index (χ1v) is 9.64. The second kappa shape index (κ2) is 7.36. The number of rotatable bonds is 5. The van der Waals surface area contributed by atoms with E-state index in [9.17, 15) is 0 Å². The van der Waals surface area contributed by atoms with Gasteiger partial charge in [0.25, 0.3) is 11.9 Å². The second-order valence-electron chi connectivity index (χ2n) is 6.79. The molecule has 4 heterocycles. The Kier molecular flexibility index (Phi) is 4.10. The van der Waals surface area contributed by atoms with E-state index < -0.39 is 0 Å². The molecule has 12 heteroatoms. The molecule has 0 saturated carbocycles. The van der Waals surface area contributed by atoms with Crippen LogP contribution in [-0.4, -0.2) is 52.8 Å². The van der Waals surface area contributed by atoms with Crippen LogP contribution in [0.25, 0.3) is 44.1 Å². The Morgan fingerprint density at radius 3 is 1.59 bits per heavy atom. The molecule has 0 atom stereocenters. The highest BCUT2D eigenvalue weighted by Gasteiger charge is 2.09. The lowest BCUT2D eigenvalue weighted by Crippen LogP contribution is -2.00. The maximum Gasteiger partial charge on any atom is 0.265 e. The minimum absolute atomic E-state index is 0.262. The van der Waals surface area contributed by atoms with Crippen molar-refractivity contribution in [2.75, 3.05) is 10.9 Å². The molecule has 0 aliphatic rings. The molecule has 4 aromatic heterocycles. The van der Waals surface area contributed by atoms with E-state index in [0.29, 0.717) is 22.3 Å². The van der Waals surface area contributed by atoms with Crippen LogP contribution in [-0.2, 0) is 0 Å². The smallest absolute Gasteiger partial charge is 0.265 e. The van der Waals surface area contributed by atoms with E-state index in [1.807, 2.05) is 48.5 Å². The lowest BCUT2D eigenvalue weighted by atomic mass is 10.2. The molecule has 4 N–H and O–H groups in total. The first kappa shape index (κ1) is 17.8. The molecule has 2 aromatic carbocycles. The number of hydrazone groups is 2. The van der Waals surface area contributed by atoms with E-state index in [-0.39, 0.29) is 11.9 Å². The summed E-state index contributed by atoms with van der Waals surface area (Å²) in [5, 5.41) is 26.5. The predicted molar refractivity (Wildman–Crippen MR) is 123 cm³/mol. The van der Waals surface area contributed by atoms with Crippen molar-refractivity contribution in [1.29, 1.82) is 0 Å². The van der Waals surface area contributed by atoms with Crippen LogP contribution in [0.1, 0.15) is 0 Å². The van der Waals surface area contributed by atoms with Crippen molar-refractivity contribution in [1.82, 2.24) is 40.3 Å². The van der Waals surface area contributed by atoms with Gasteiger partial charge >= 0.3 is 0 Å². The van der Waals surface area contributed by atoms with Crippen LogP contribution in [0, 0.1) is 0 Å². The molecular formula is C20H14N12. The van der Waals surface area contributed by atoms with Gasteiger partial charge in [-0.3, -0.25) is 0 Å². The quantitative estimate of drug-likeness (QED) is 0.244. The van der Waals surface area contributed by atoms with Crippen molar-refractivity contribution in [3.63, 3.8) is 0 Å². The maximum atomic E-state index is 4.38. The molecule has 0 fully saturated rings. The summed E-state index contributed by atoms with van der Waals surface area (Å²) in [6.07, 6.45) is 2.86. The summed E-state index contributed by atoms with van der Waals surface area (Å²) >= 11 is 0. The Morgan fingerprint density at radius 1 is 0.625 bits per heavy atom. The van der Waals surface area contributed by atoms with E-state index in [2.05, 4.69) is 61.4 Å². The number of benzene rings is 2. The number of hydrogen-bond donors (Lipinski definition) is 4. The Hall–Kier alpha value is -5.00. The number of para-hydroxylation sites is 2. The molecule has 0 aliphatic carbocycles. The van der Waals surface area contributed by atoms with Crippen molar-refractivity contribution < 1.29 is 0 Å². The molecular weight excluding hydrogens is 408 g/mol.